The Labute approximate surface area is 203 Å². The highest BCUT2D eigenvalue weighted by Crippen LogP contribution is 2.44. The second-order valence-corrected chi connectivity index (χ2v) is 8.56. The Balaban J connectivity index is 1.36. The number of benzene rings is 2. The number of amides is 2. The molecule has 0 radical (unpaired) electrons. The first-order valence-corrected chi connectivity index (χ1v) is 11.5. The van der Waals surface area contributed by atoms with E-state index in [2.05, 4.69) is 27.8 Å². The van der Waals surface area contributed by atoms with Crippen LogP contribution in [-0.2, 0) is 9.53 Å². The quantitative estimate of drug-likeness (QED) is 0.438. The monoisotopic (exact) mass is 473 g/mol. The molecule has 1 aromatic heterocycles. The number of fused-ring (bicyclic) bond motifs is 3. The molecule has 4 rings (SSSR count). The molecule has 35 heavy (non-hydrogen) atoms. The lowest BCUT2D eigenvalue weighted by Crippen LogP contribution is -2.45. The third kappa shape index (κ3) is 5.16. The number of ether oxygens (including phenoxy) is 1. The number of carbonyl (C=O) groups is 3. The summed E-state index contributed by atoms with van der Waals surface area (Å²) in [5, 5.41) is 14.5. The van der Waals surface area contributed by atoms with Crippen LogP contribution in [0.3, 0.4) is 0 Å². The summed E-state index contributed by atoms with van der Waals surface area (Å²) in [7, 11) is 0. The number of nitrogens with zero attached hydrogens (tertiary/aromatic N) is 1. The van der Waals surface area contributed by atoms with Crippen LogP contribution in [-0.4, -0.2) is 40.7 Å². The van der Waals surface area contributed by atoms with Gasteiger partial charge in [0.25, 0.3) is 5.91 Å². The van der Waals surface area contributed by atoms with Crippen LogP contribution in [0.25, 0.3) is 11.1 Å². The number of aromatic nitrogens is 1. The van der Waals surface area contributed by atoms with Crippen molar-refractivity contribution in [2.75, 3.05) is 11.9 Å². The summed E-state index contributed by atoms with van der Waals surface area (Å²) in [5.74, 6) is -1.97. The van der Waals surface area contributed by atoms with E-state index in [0.717, 1.165) is 22.3 Å². The normalized spacial score (nSPS) is 13.8. The maximum absolute atomic E-state index is 12.4. The van der Waals surface area contributed by atoms with E-state index >= 15 is 0 Å². The van der Waals surface area contributed by atoms with Gasteiger partial charge in [0.1, 0.15) is 18.3 Å². The maximum Gasteiger partial charge on any atom is 0.411 e. The third-order valence-electron chi connectivity index (χ3n) is 6.35. The second kappa shape index (κ2) is 10.4. The number of carboxylic acid groups (broad SMARTS) is 1. The Morgan fingerprint density at radius 3 is 2.17 bits per heavy atom. The first-order valence-electron chi connectivity index (χ1n) is 11.5. The summed E-state index contributed by atoms with van der Waals surface area (Å²) < 4.78 is 5.52. The van der Waals surface area contributed by atoms with Crippen molar-refractivity contribution < 1.29 is 24.2 Å². The molecule has 2 aromatic carbocycles. The maximum atomic E-state index is 12.4. The van der Waals surface area contributed by atoms with E-state index < -0.39 is 24.0 Å². The first kappa shape index (κ1) is 23.9. The molecule has 0 saturated heterocycles. The molecule has 2 atom stereocenters. The van der Waals surface area contributed by atoms with E-state index in [1.54, 1.807) is 6.92 Å². The fraction of sp³-hybridized carbons (Fsp3) is 0.259. The van der Waals surface area contributed by atoms with Gasteiger partial charge in [0.2, 0.25) is 0 Å². The summed E-state index contributed by atoms with van der Waals surface area (Å²) in [4.78, 5) is 40.3. The van der Waals surface area contributed by atoms with Crippen molar-refractivity contribution in [1.29, 1.82) is 0 Å². The van der Waals surface area contributed by atoms with E-state index in [9.17, 15) is 19.5 Å². The Hall–Kier alpha value is -4.20. The molecule has 8 nitrogen and oxygen atoms in total. The van der Waals surface area contributed by atoms with Gasteiger partial charge in [-0.25, -0.2) is 14.6 Å². The summed E-state index contributed by atoms with van der Waals surface area (Å²) in [6.45, 7) is 3.79. The molecule has 1 heterocycles. The van der Waals surface area contributed by atoms with Gasteiger partial charge < -0.3 is 15.2 Å². The molecule has 0 bridgehead atoms. The molecule has 3 N–H and O–H groups in total. The predicted molar refractivity (Wildman–Crippen MR) is 131 cm³/mol. The van der Waals surface area contributed by atoms with Crippen molar-refractivity contribution in [3.8, 4) is 11.1 Å². The van der Waals surface area contributed by atoms with Gasteiger partial charge in [-0.2, -0.15) is 0 Å². The largest absolute Gasteiger partial charge is 0.480 e. The molecule has 0 spiro atoms. The molecule has 180 valence electrons. The summed E-state index contributed by atoms with van der Waals surface area (Å²) in [5.41, 5.74) is 4.95. The van der Waals surface area contributed by atoms with E-state index in [4.69, 9.17) is 4.74 Å². The van der Waals surface area contributed by atoms with E-state index in [1.165, 1.54) is 18.3 Å². The van der Waals surface area contributed by atoms with Crippen LogP contribution in [0, 0.1) is 5.92 Å². The highest BCUT2D eigenvalue weighted by molar-refractivity contribution is 5.95. The number of rotatable bonds is 8. The molecular weight excluding hydrogens is 446 g/mol. The highest BCUT2D eigenvalue weighted by Gasteiger charge is 2.29. The lowest BCUT2D eigenvalue weighted by atomic mass is 9.98. The minimum absolute atomic E-state index is 0.0509. The van der Waals surface area contributed by atoms with Crippen LogP contribution in [0.2, 0.25) is 0 Å². The van der Waals surface area contributed by atoms with E-state index in [0.29, 0.717) is 12.1 Å². The summed E-state index contributed by atoms with van der Waals surface area (Å²) in [6, 6.07) is 18.1. The number of aliphatic carboxylic acids is 1. The SMILES string of the molecule is CC[C@H](C)[C@H](NC(=O)c1ccc(NC(=O)OCC2c3ccccc3-c3ccccc32)cn1)C(=O)O. The van der Waals surface area contributed by atoms with Crippen molar-refractivity contribution in [1.82, 2.24) is 10.3 Å². The number of hydrogen-bond donors (Lipinski definition) is 3. The van der Waals surface area contributed by atoms with Gasteiger partial charge in [0.05, 0.1) is 11.9 Å². The van der Waals surface area contributed by atoms with Crippen LogP contribution in [0.1, 0.15) is 47.8 Å². The average Bonchev–Trinajstić information content (AvgIpc) is 3.19. The Kier molecular flexibility index (Phi) is 7.10. The van der Waals surface area contributed by atoms with Crippen LogP contribution in [0.5, 0.6) is 0 Å². The van der Waals surface area contributed by atoms with Crippen molar-refractivity contribution in [3.05, 3.63) is 83.7 Å². The zero-order valence-corrected chi connectivity index (χ0v) is 19.5. The van der Waals surface area contributed by atoms with Gasteiger partial charge in [0, 0.05) is 5.92 Å². The fourth-order valence-electron chi connectivity index (χ4n) is 4.25. The van der Waals surface area contributed by atoms with Gasteiger partial charge in [-0.15, -0.1) is 0 Å². The van der Waals surface area contributed by atoms with Crippen LogP contribution in [0.15, 0.2) is 66.9 Å². The molecule has 0 unspecified atom stereocenters. The number of carboxylic acids is 1. The standard InChI is InChI=1S/C27H27N3O5/c1-3-16(2)24(26(32)33)30-25(31)23-13-12-17(14-28-23)29-27(34)35-15-22-20-10-6-4-8-18(20)19-9-5-7-11-21(19)22/h4-14,16,22,24H,3,15H2,1-2H3,(H,29,34)(H,30,31)(H,32,33)/t16-,24-/m0/s1. The highest BCUT2D eigenvalue weighted by atomic mass is 16.5. The first-order chi connectivity index (χ1) is 16.9. The lowest BCUT2D eigenvalue weighted by Gasteiger charge is -2.19. The van der Waals surface area contributed by atoms with Crippen molar-refractivity contribution in [3.63, 3.8) is 0 Å². The smallest absolute Gasteiger partial charge is 0.411 e. The van der Waals surface area contributed by atoms with Gasteiger partial charge in [-0.05, 0) is 40.3 Å². The Morgan fingerprint density at radius 1 is 1.00 bits per heavy atom. The van der Waals surface area contributed by atoms with Gasteiger partial charge in [0.15, 0.2) is 0 Å². The molecule has 1 aliphatic carbocycles. The van der Waals surface area contributed by atoms with Gasteiger partial charge >= 0.3 is 12.1 Å². The topological polar surface area (TPSA) is 118 Å². The number of nitrogens with one attached hydrogen (secondary N) is 2. The molecule has 8 heteroatoms. The Morgan fingerprint density at radius 2 is 1.63 bits per heavy atom. The molecule has 0 fully saturated rings. The molecular formula is C27H27N3O5. The van der Waals surface area contributed by atoms with Crippen LogP contribution >= 0.6 is 0 Å². The molecule has 1 aliphatic rings. The predicted octanol–water partition coefficient (Wildman–Crippen LogP) is 4.67. The molecule has 0 aliphatic heterocycles. The minimum atomic E-state index is -1.10. The minimum Gasteiger partial charge on any atom is -0.480 e. The van der Waals surface area contributed by atoms with Crippen molar-refractivity contribution in [2.24, 2.45) is 5.92 Å². The molecule has 3 aromatic rings. The number of pyridine rings is 1. The third-order valence-corrected chi connectivity index (χ3v) is 6.35. The fourth-order valence-corrected chi connectivity index (χ4v) is 4.25. The van der Waals surface area contributed by atoms with Crippen molar-refractivity contribution >= 4 is 23.7 Å². The lowest BCUT2D eigenvalue weighted by molar-refractivity contribution is -0.140. The molecule has 0 saturated carbocycles. The number of hydrogen-bond acceptors (Lipinski definition) is 5. The number of anilines is 1. The zero-order valence-electron chi connectivity index (χ0n) is 19.5. The second-order valence-electron chi connectivity index (χ2n) is 8.56. The van der Waals surface area contributed by atoms with E-state index in [1.807, 2.05) is 43.3 Å². The van der Waals surface area contributed by atoms with Crippen molar-refractivity contribution in [2.45, 2.75) is 32.2 Å². The van der Waals surface area contributed by atoms with Gasteiger partial charge in [-0.1, -0.05) is 68.8 Å². The Bertz CT molecular complexity index is 1200. The summed E-state index contributed by atoms with van der Waals surface area (Å²) >= 11 is 0. The molecule has 2 amide bonds. The van der Waals surface area contributed by atoms with Crippen LogP contribution < -0.4 is 10.6 Å². The number of carbonyl (C=O) groups excluding carboxylic acids is 2. The van der Waals surface area contributed by atoms with E-state index in [-0.39, 0.29) is 24.1 Å². The zero-order chi connectivity index (χ0) is 24.9. The summed E-state index contributed by atoms with van der Waals surface area (Å²) in [6.07, 6.45) is 1.30. The van der Waals surface area contributed by atoms with Gasteiger partial charge in [-0.3, -0.25) is 10.1 Å². The van der Waals surface area contributed by atoms with Crippen LogP contribution in [0.4, 0.5) is 10.5 Å². The average molecular weight is 474 g/mol.